The van der Waals surface area contributed by atoms with Crippen LogP contribution in [0.15, 0.2) is 15.8 Å². The highest BCUT2D eigenvalue weighted by Crippen LogP contribution is 2.36. The quantitative estimate of drug-likeness (QED) is 0.394. The average molecular weight is 288 g/mol. The van der Waals surface area contributed by atoms with E-state index in [4.69, 9.17) is 4.74 Å². The van der Waals surface area contributed by atoms with Crippen molar-refractivity contribution in [3.05, 3.63) is 32.6 Å². The summed E-state index contributed by atoms with van der Waals surface area (Å²) < 4.78 is 6.18. The lowest BCUT2D eigenvalue weighted by Gasteiger charge is -2.27. The van der Waals surface area contributed by atoms with Gasteiger partial charge < -0.3 is 25.2 Å². The number of aliphatic hydroxyl groups is 4. The van der Waals surface area contributed by atoms with Gasteiger partial charge in [-0.15, -0.1) is 0 Å². The maximum atomic E-state index is 11.7. The van der Waals surface area contributed by atoms with E-state index in [1.165, 1.54) is 13.1 Å². The van der Waals surface area contributed by atoms with E-state index in [1.54, 1.807) is 0 Å². The van der Waals surface area contributed by atoms with Gasteiger partial charge in [-0.25, -0.2) is 4.79 Å². The Hall–Kier alpha value is -1.52. The number of H-pyrrole nitrogens is 1. The van der Waals surface area contributed by atoms with Crippen LogP contribution in [-0.4, -0.2) is 61.0 Å². The third kappa shape index (κ3) is 2.09. The number of nitrogens with zero attached hydrogens (tertiary/aromatic N) is 1. The van der Waals surface area contributed by atoms with E-state index in [1.807, 2.05) is 4.98 Å². The number of aryl methyl sites for hydroxylation is 1. The molecule has 1 saturated heterocycles. The molecule has 2 heterocycles. The Morgan fingerprint density at radius 2 is 1.95 bits per heavy atom. The summed E-state index contributed by atoms with van der Waals surface area (Å²) in [4.78, 5) is 25.1. The molecule has 9 nitrogen and oxygen atoms in total. The van der Waals surface area contributed by atoms with Crippen LogP contribution in [0.25, 0.3) is 0 Å². The van der Waals surface area contributed by atoms with Crippen LogP contribution >= 0.6 is 0 Å². The molecule has 0 spiro atoms. The maximum absolute atomic E-state index is 11.7. The van der Waals surface area contributed by atoms with E-state index in [2.05, 4.69) is 0 Å². The molecule has 5 N–H and O–H groups in total. The van der Waals surface area contributed by atoms with Crippen LogP contribution < -0.4 is 11.2 Å². The first-order chi connectivity index (χ1) is 9.36. The van der Waals surface area contributed by atoms with E-state index in [9.17, 15) is 30.0 Å². The zero-order valence-electron chi connectivity index (χ0n) is 10.7. The number of hydrogen-bond donors (Lipinski definition) is 5. The minimum atomic E-state index is -1.77. The first-order valence-electron chi connectivity index (χ1n) is 5.94. The first-order valence-corrected chi connectivity index (χ1v) is 5.94. The summed E-state index contributed by atoms with van der Waals surface area (Å²) in [6.07, 6.45) is -3.28. The predicted octanol–water partition coefficient (Wildman–Crippen LogP) is -3.18. The van der Waals surface area contributed by atoms with Crippen molar-refractivity contribution in [2.24, 2.45) is 0 Å². The van der Waals surface area contributed by atoms with Gasteiger partial charge in [-0.05, 0) is 6.92 Å². The van der Waals surface area contributed by atoms with Crippen molar-refractivity contribution in [3.63, 3.8) is 0 Å². The fraction of sp³-hybridized carbons (Fsp3) is 0.636. The number of aliphatic hydroxyl groups excluding tert-OH is 4. The second-order valence-electron chi connectivity index (χ2n) is 4.80. The molecule has 20 heavy (non-hydrogen) atoms. The topological polar surface area (TPSA) is 145 Å². The summed E-state index contributed by atoms with van der Waals surface area (Å²) in [5.41, 5.74) is -2.97. The van der Waals surface area contributed by atoms with Gasteiger partial charge in [0.15, 0.2) is 6.23 Å². The molecule has 0 saturated carbocycles. The molecule has 3 atom stereocenters. The number of nitrogens with one attached hydrogen (secondary N) is 1. The Kier molecular flexibility index (Phi) is 3.80. The van der Waals surface area contributed by atoms with Gasteiger partial charge in [-0.1, -0.05) is 0 Å². The molecule has 1 fully saturated rings. The molecule has 0 unspecified atom stereocenters. The fourth-order valence-electron chi connectivity index (χ4n) is 2.16. The van der Waals surface area contributed by atoms with Crippen LogP contribution in [-0.2, 0) is 4.74 Å². The Morgan fingerprint density at radius 3 is 2.45 bits per heavy atom. The van der Waals surface area contributed by atoms with Gasteiger partial charge in [-0.2, -0.15) is 0 Å². The van der Waals surface area contributed by atoms with Gasteiger partial charge in [0.1, 0.15) is 17.8 Å². The summed E-state index contributed by atoms with van der Waals surface area (Å²) >= 11 is 0. The fourth-order valence-corrected chi connectivity index (χ4v) is 2.16. The molecule has 1 aromatic rings. The van der Waals surface area contributed by atoms with Crippen molar-refractivity contribution < 1.29 is 25.2 Å². The second-order valence-corrected chi connectivity index (χ2v) is 4.80. The van der Waals surface area contributed by atoms with Crippen LogP contribution in [0, 0.1) is 6.92 Å². The van der Waals surface area contributed by atoms with E-state index >= 15 is 0 Å². The highest BCUT2D eigenvalue weighted by molar-refractivity contribution is 5.05. The minimum Gasteiger partial charge on any atom is -0.393 e. The molecule has 112 valence electrons. The lowest BCUT2D eigenvalue weighted by molar-refractivity contribution is -0.150. The number of aromatic amines is 1. The van der Waals surface area contributed by atoms with E-state index in [-0.39, 0.29) is 5.56 Å². The van der Waals surface area contributed by atoms with Crippen LogP contribution in [0.3, 0.4) is 0 Å². The molecule has 0 aromatic carbocycles. The smallest absolute Gasteiger partial charge is 0.330 e. The molecule has 1 aliphatic heterocycles. The van der Waals surface area contributed by atoms with Gasteiger partial charge in [0, 0.05) is 11.8 Å². The van der Waals surface area contributed by atoms with Crippen molar-refractivity contribution in [3.8, 4) is 0 Å². The van der Waals surface area contributed by atoms with Gasteiger partial charge >= 0.3 is 5.69 Å². The van der Waals surface area contributed by atoms with Crippen molar-refractivity contribution in [1.82, 2.24) is 9.55 Å². The number of aromatic nitrogens is 2. The minimum absolute atomic E-state index is 0.209. The standard InChI is InChI=1S/C11H16N2O7/c1-5-2-13(10(19)12-8(5)18)9-6(16)7(17)11(3-14,4-15)20-9/h2,6-7,9,14-17H,3-4H2,1H3,(H,12,18,19)/t6-,7-,9+/m0/s1. The molecule has 1 aliphatic rings. The lowest BCUT2D eigenvalue weighted by Crippen LogP contribution is -2.49. The van der Waals surface area contributed by atoms with Gasteiger partial charge in [0.25, 0.3) is 5.56 Å². The monoisotopic (exact) mass is 288 g/mol. The normalized spacial score (nSPS) is 28.8. The summed E-state index contributed by atoms with van der Waals surface area (Å²) in [6, 6.07) is 0. The number of ether oxygens (including phenoxy) is 1. The van der Waals surface area contributed by atoms with E-state index in [0.29, 0.717) is 0 Å². The van der Waals surface area contributed by atoms with Crippen molar-refractivity contribution in [2.75, 3.05) is 13.2 Å². The molecule has 1 aromatic heterocycles. The van der Waals surface area contributed by atoms with Crippen LogP contribution in [0.1, 0.15) is 11.8 Å². The van der Waals surface area contributed by atoms with Crippen molar-refractivity contribution in [2.45, 2.75) is 31.0 Å². The summed E-state index contributed by atoms with van der Waals surface area (Å²) in [7, 11) is 0. The molecular formula is C11H16N2O7. The summed E-state index contributed by atoms with van der Waals surface area (Å²) in [6.45, 7) is -0.0253. The molecule has 0 radical (unpaired) electrons. The van der Waals surface area contributed by atoms with Gasteiger partial charge in [0.2, 0.25) is 0 Å². The SMILES string of the molecule is Cc1cn([C@@H]2OC(CO)(CO)[C@@H](O)[C@@H]2O)c(=O)[nH]c1=O. The zero-order valence-corrected chi connectivity index (χ0v) is 10.7. The third-order valence-corrected chi connectivity index (χ3v) is 3.47. The third-order valence-electron chi connectivity index (χ3n) is 3.47. The average Bonchev–Trinajstić information content (AvgIpc) is 2.68. The maximum Gasteiger partial charge on any atom is 0.330 e. The summed E-state index contributed by atoms with van der Waals surface area (Å²) in [5.74, 6) is 0. The first kappa shape index (κ1) is 14.9. The molecule has 0 aliphatic carbocycles. The predicted molar refractivity (Wildman–Crippen MR) is 65.1 cm³/mol. The number of hydrogen-bond acceptors (Lipinski definition) is 7. The Bertz CT molecular complexity index is 604. The van der Waals surface area contributed by atoms with Gasteiger partial charge in [-0.3, -0.25) is 14.3 Å². The zero-order chi connectivity index (χ0) is 15.1. The van der Waals surface area contributed by atoms with E-state index < -0.39 is 48.5 Å². The Balaban J connectivity index is 2.47. The second kappa shape index (κ2) is 5.11. The molecule has 9 heteroatoms. The summed E-state index contributed by atoms with van der Waals surface area (Å²) in [5, 5.41) is 38.3. The van der Waals surface area contributed by atoms with Crippen molar-refractivity contribution in [1.29, 1.82) is 0 Å². The Morgan fingerprint density at radius 1 is 1.35 bits per heavy atom. The van der Waals surface area contributed by atoms with Crippen molar-refractivity contribution >= 4 is 0 Å². The molecular weight excluding hydrogens is 272 g/mol. The number of rotatable bonds is 3. The Labute approximate surface area is 112 Å². The van der Waals surface area contributed by atoms with E-state index in [0.717, 1.165) is 4.57 Å². The molecule has 2 rings (SSSR count). The largest absolute Gasteiger partial charge is 0.393 e. The highest BCUT2D eigenvalue weighted by atomic mass is 16.6. The molecule has 0 bridgehead atoms. The highest BCUT2D eigenvalue weighted by Gasteiger charge is 2.54. The lowest BCUT2D eigenvalue weighted by atomic mass is 9.97. The van der Waals surface area contributed by atoms with Gasteiger partial charge in [0.05, 0.1) is 13.2 Å². The molecule has 0 amide bonds. The van der Waals surface area contributed by atoms with Crippen LogP contribution in [0.2, 0.25) is 0 Å². The van der Waals surface area contributed by atoms with Crippen LogP contribution in [0.5, 0.6) is 0 Å². The van der Waals surface area contributed by atoms with Crippen LogP contribution in [0.4, 0.5) is 0 Å².